The zero-order chi connectivity index (χ0) is 13.1. The average Bonchev–Trinajstić information content (AvgIpc) is 3.15. The maximum absolute atomic E-state index is 12.4. The van der Waals surface area contributed by atoms with Crippen molar-refractivity contribution in [1.29, 1.82) is 0 Å². The molecule has 0 bridgehead atoms. The lowest BCUT2D eigenvalue weighted by Crippen LogP contribution is -2.33. The van der Waals surface area contributed by atoms with Crippen LogP contribution in [0.5, 0.6) is 0 Å². The number of rotatable bonds is 4. The fraction of sp³-hybridized carbons (Fsp3) is 0.357. The van der Waals surface area contributed by atoms with Gasteiger partial charge in [-0.1, -0.05) is 12.0 Å². The Hall–Kier alpha value is -1.47. The Bertz CT molecular complexity index is 503. The molecule has 3 nitrogen and oxygen atoms in total. The van der Waals surface area contributed by atoms with E-state index < -0.39 is 0 Å². The third-order valence-corrected chi connectivity index (χ3v) is 3.89. The molecule has 0 aliphatic heterocycles. The molecule has 1 aliphatic rings. The smallest absolute Gasteiger partial charge is 0.255 e. The highest BCUT2D eigenvalue weighted by molar-refractivity contribution is 9.10. The van der Waals surface area contributed by atoms with Crippen LogP contribution in [0.3, 0.4) is 0 Å². The van der Waals surface area contributed by atoms with Crippen LogP contribution >= 0.6 is 15.9 Å². The molecule has 1 saturated carbocycles. The molecule has 18 heavy (non-hydrogen) atoms. The summed E-state index contributed by atoms with van der Waals surface area (Å²) in [6.07, 6.45) is 7.70. The van der Waals surface area contributed by atoms with Crippen LogP contribution < -0.4 is 5.73 Å². The number of carbonyl (C=O) groups excluding carboxylic acids is 1. The van der Waals surface area contributed by atoms with Crippen LogP contribution in [0.1, 0.15) is 23.2 Å². The fourth-order valence-electron chi connectivity index (χ4n) is 1.83. The largest absolute Gasteiger partial charge is 0.398 e. The molecule has 1 aromatic rings. The maximum Gasteiger partial charge on any atom is 0.255 e. The minimum atomic E-state index is -0.0565. The standard InChI is InChI=1S/C14H15BrN2O/c1-2-8-17(9-10-6-7-10)14(18)11-4-3-5-12(16)13(11)15/h1,3-5,10H,6-9,16H2. The number of nitrogen functional groups attached to an aromatic ring is 1. The van der Waals surface area contributed by atoms with E-state index in [1.54, 1.807) is 23.1 Å². The molecule has 0 spiro atoms. The van der Waals surface area contributed by atoms with Crippen molar-refractivity contribution in [3.05, 3.63) is 28.2 Å². The van der Waals surface area contributed by atoms with Gasteiger partial charge in [0.15, 0.2) is 0 Å². The van der Waals surface area contributed by atoms with Crippen LogP contribution in [0.2, 0.25) is 0 Å². The molecule has 0 aromatic heterocycles. The van der Waals surface area contributed by atoms with Crippen LogP contribution in [0.4, 0.5) is 5.69 Å². The topological polar surface area (TPSA) is 46.3 Å². The Morgan fingerprint density at radius 1 is 1.56 bits per heavy atom. The van der Waals surface area contributed by atoms with Crippen molar-refractivity contribution >= 4 is 27.5 Å². The summed E-state index contributed by atoms with van der Waals surface area (Å²) in [5.74, 6) is 3.10. The lowest BCUT2D eigenvalue weighted by Gasteiger charge is -2.21. The lowest BCUT2D eigenvalue weighted by molar-refractivity contribution is 0.0769. The van der Waals surface area contributed by atoms with Crippen molar-refractivity contribution in [1.82, 2.24) is 4.90 Å². The summed E-state index contributed by atoms with van der Waals surface area (Å²) >= 11 is 3.36. The molecule has 4 heteroatoms. The van der Waals surface area contributed by atoms with Gasteiger partial charge in [0.1, 0.15) is 0 Å². The molecule has 2 N–H and O–H groups in total. The summed E-state index contributed by atoms with van der Waals surface area (Å²) in [6, 6.07) is 5.30. The highest BCUT2D eigenvalue weighted by Gasteiger charge is 2.27. The summed E-state index contributed by atoms with van der Waals surface area (Å²) < 4.78 is 0.646. The Kier molecular flexibility index (Phi) is 3.93. The van der Waals surface area contributed by atoms with Crippen molar-refractivity contribution in [2.75, 3.05) is 18.8 Å². The molecular weight excluding hydrogens is 292 g/mol. The van der Waals surface area contributed by atoms with Gasteiger partial charge < -0.3 is 10.6 Å². The number of hydrogen-bond acceptors (Lipinski definition) is 2. The summed E-state index contributed by atoms with van der Waals surface area (Å²) in [4.78, 5) is 14.1. The van der Waals surface area contributed by atoms with E-state index in [1.165, 1.54) is 12.8 Å². The number of nitrogens with two attached hydrogens (primary N) is 1. The summed E-state index contributed by atoms with van der Waals surface area (Å²) in [5.41, 5.74) is 6.93. The van der Waals surface area contributed by atoms with E-state index in [9.17, 15) is 4.79 Å². The highest BCUT2D eigenvalue weighted by atomic mass is 79.9. The van der Waals surface area contributed by atoms with E-state index in [2.05, 4.69) is 21.9 Å². The Morgan fingerprint density at radius 3 is 2.89 bits per heavy atom. The van der Waals surface area contributed by atoms with E-state index in [4.69, 9.17) is 12.2 Å². The first-order valence-electron chi connectivity index (χ1n) is 5.90. The van der Waals surface area contributed by atoms with Gasteiger partial charge in [-0.15, -0.1) is 6.42 Å². The zero-order valence-electron chi connectivity index (χ0n) is 10.0. The third kappa shape index (κ3) is 2.85. The van der Waals surface area contributed by atoms with Crippen LogP contribution in [-0.2, 0) is 0 Å². The molecule has 0 atom stereocenters. The zero-order valence-corrected chi connectivity index (χ0v) is 11.6. The van der Waals surface area contributed by atoms with Crippen LogP contribution in [0.25, 0.3) is 0 Å². The maximum atomic E-state index is 12.4. The lowest BCUT2D eigenvalue weighted by atomic mass is 10.1. The van der Waals surface area contributed by atoms with E-state index >= 15 is 0 Å². The predicted molar refractivity (Wildman–Crippen MR) is 76.0 cm³/mol. The first-order valence-corrected chi connectivity index (χ1v) is 6.69. The summed E-state index contributed by atoms with van der Waals surface area (Å²) in [5, 5.41) is 0. The predicted octanol–water partition coefficient (Wildman–Crippen LogP) is 2.52. The minimum Gasteiger partial charge on any atom is -0.398 e. The van der Waals surface area contributed by atoms with Crippen molar-refractivity contribution in [3.8, 4) is 12.3 Å². The number of carbonyl (C=O) groups is 1. The van der Waals surface area contributed by atoms with Crippen molar-refractivity contribution in [2.45, 2.75) is 12.8 Å². The van der Waals surface area contributed by atoms with Gasteiger partial charge in [0.2, 0.25) is 0 Å². The minimum absolute atomic E-state index is 0.0565. The number of hydrogen-bond donors (Lipinski definition) is 1. The second kappa shape index (κ2) is 5.45. The SMILES string of the molecule is C#CCN(CC1CC1)C(=O)c1cccc(N)c1Br. The second-order valence-electron chi connectivity index (χ2n) is 4.54. The molecule has 94 valence electrons. The molecule has 0 unspecified atom stereocenters. The van der Waals surface area contributed by atoms with E-state index in [0.29, 0.717) is 28.2 Å². The first kappa shape index (κ1) is 13.0. The molecule has 2 rings (SSSR count). The molecule has 1 fully saturated rings. The summed E-state index contributed by atoms with van der Waals surface area (Å²) in [7, 11) is 0. The Labute approximate surface area is 115 Å². The quantitative estimate of drug-likeness (QED) is 0.686. The molecule has 0 heterocycles. The van der Waals surface area contributed by atoms with E-state index in [0.717, 1.165) is 6.54 Å². The van der Waals surface area contributed by atoms with Crippen LogP contribution in [-0.4, -0.2) is 23.9 Å². The molecular formula is C14H15BrN2O. The number of amides is 1. The molecule has 1 amide bonds. The van der Waals surface area contributed by atoms with Gasteiger partial charge in [-0.3, -0.25) is 4.79 Å². The number of terminal acetylenes is 1. The average molecular weight is 307 g/mol. The molecule has 1 aromatic carbocycles. The van der Waals surface area contributed by atoms with Crippen molar-refractivity contribution < 1.29 is 4.79 Å². The van der Waals surface area contributed by atoms with Crippen molar-refractivity contribution in [2.24, 2.45) is 5.92 Å². The molecule has 1 aliphatic carbocycles. The van der Waals surface area contributed by atoms with E-state index in [-0.39, 0.29) is 5.91 Å². The number of nitrogens with zero attached hydrogens (tertiary/aromatic N) is 1. The van der Waals surface area contributed by atoms with Crippen molar-refractivity contribution in [3.63, 3.8) is 0 Å². The monoisotopic (exact) mass is 306 g/mol. The van der Waals surface area contributed by atoms with Gasteiger partial charge in [-0.05, 0) is 46.8 Å². The van der Waals surface area contributed by atoms with Crippen LogP contribution in [0.15, 0.2) is 22.7 Å². The van der Waals surface area contributed by atoms with Gasteiger partial charge in [0.25, 0.3) is 5.91 Å². The van der Waals surface area contributed by atoms with Gasteiger partial charge in [0.05, 0.1) is 16.6 Å². The third-order valence-electron chi connectivity index (χ3n) is 3.00. The number of halogens is 1. The first-order chi connectivity index (χ1) is 8.63. The Balaban J connectivity index is 2.21. The van der Waals surface area contributed by atoms with E-state index in [1.807, 2.05) is 0 Å². The molecule has 0 saturated heterocycles. The Morgan fingerprint density at radius 2 is 2.28 bits per heavy atom. The molecule has 0 radical (unpaired) electrons. The van der Waals surface area contributed by atoms with Gasteiger partial charge in [-0.25, -0.2) is 0 Å². The summed E-state index contributed by atoms with van der Waals surface area (Å²) in [6.45, 7) is 1.08. The van der Waals surface area contributed by atoms with Gasteiger partial charge in [0, 0.05) is 12.2 Å². The fourth-order valence-corrected chi connectivity index (χ4v) is 2.26. The number of anilines is 1. The van der Waals surface area contributed by atoms with Gasteiger partial charge >= 0.3 is 0 Å². The van der Waals surface area contributed by atoms with Crippen LogP contribution in [0, 0.1) is 18.3 Å². The number of benzene rings is 1. The normalized spacial score (nSPS) is 14.0. The highest BCUT2D eigenvalue weighted by Crippen LogP contribution is 2.31. The second-order valence-corrected chi connectivity index (χ2v) is 5.33. The van der Waals surface area contributed by atoms with Gasteiger partial charge in [-0.2, -0.15) is 0 Å².